The fraction of sp³-hybridized carbons (Fsp3) is 0.176. The van der Waals surface area contributed by atoms with Crippen molar-refractivity contribution in [3.8, 4) is 0 Å². The summed E-state index contributed by atoms with van der Waals surface area (Å²) in [6.45, 7) is 4.15. The first-order chi connectivity index (χ1) is 9.63. The van der Waals surface area contributed by atoms with Gasteiger partial charge in [-0.05, 0) is 48.1 Å². The van der Waals surface area contributed by atoms with E-state index in [-0.39, 0.29) is 5.78 Å². The molecule has 3 rings (SSSR count). The summed E-state index contributed by atoms with van der Waals surface area (Å²) in [6.07, 6.45) is 2.11. The van der Waals surface area contributed by atoms with E-state index >= 15 is 0 Å². The highest BCUT2D eigenvalue weighted by molar-refractivity contribution is 7.17. The van der Waals surface area contributed by atoms with Gasteiger partial charge in [0.1, 0.15) is 0 Å². The minimum Gasteiger partial charge on any atom is -0.294 e. The van der Waals surface area contributed by atoms with E-state index in [9.17, 15) is 4.79 Å². The minimum atomic E-state index is 0.121. The summed E-state index contributed by atoms with van der Waals surface area (Å²) in [6, 6.07) is 10.1. The molecule has 3 heteroatoms. The first-order valence-corrected chi connectivity index (χ1v) is 7.44. The second-order valence-corrected chi connectivity index (χ2v) is 5.99. The summed E-state index contributed by atoms with van der Waals surface area (Å²) in [4.78, 5) is 16.7. The van der Waals surface area contributed by atoms with Crippen LogP contribution in [0.2, 0.25) is 0 Å². The molecule has 0 amide bonds. The SMILES string of the molecule is Cc1ccc(CC(=O)c2cnc3ccsc3c2)cc1C. The van der Waals surface area contributed by atoms with Crippen molar-refractivity contribution >= 4 is 27.3 Å². The van der Waals surface area contributed by atoms with Gasteiger partial charge in [0.25, 0.3) is 0 Å². The number of ketones is 1. The topological polar surface area (TPSA) is 30.0 Å². The molecule has 0 N–H and O–H groups in total. The predicted octanol–water partition coefficient (Wildman–Crippen LogP) is 4.34. The molecule has 0 aliphatic carbocycles. The number of pyridine rings is 1. The monoisotopic (exact) mass is 281 g/mol. The van der Waals surface area contributed by atoms with Crippen LogP contribution in [0.1, 0.15) is 27.0 Å². The largest absolute Gasteiger partial charge is 0.294 e. The Labute approximate surface area is 122 Å². The number of hydrogen-bond donors (Lipinski definition) is 0. The number of fused-ring (bicyclic) bond motifs is 1. The average Bonchev–Trinajstić information content (AvgIpc) is 2.90. The Bertz CT molecular complexity index is 789. The third-order valence-corrected chi connectivity index (χ3v) is 4.41. The number of nitrogens with zero attached hydrogens (tertiary/aromatic N) is 1. The Hall–Kier alpha value is -2.00. The van der Waals surface area contributed by atoms with Gasteiger partial charge < -0.3 is 0 Å². The lowest BCUT2D eigenvalue weighted by Gasteiger charge is -2.05. The summed E-state index contributed by atoms with van der Waals surface area (Å²) in [5.41, 5.74) is 5.19. The molecule has 0 saturated carbocycles. The van der Waals surface area contributed by atoms with Crippen molar-refractivity contribution in [3.05, 3.63) is 64.2 Å². The van der Waals surface area contributed by atoms with Crippen molar-refractivity contribution in [2.24, 2.45) is 0 Å². The maximum absolute atomic E-state index is 12.3. The molecule has 0 spiro atoms. The molecule has 20 heavy (non-hydrogen) atoms. The molecule has 2 heterocycles. The Morgan fingerprint density at radius 2 is 2.00 bits per heavy atom. The summed E-state index contributed by atoms with van der Waals surface area (Å²) in [5, 5.41) is 2.00. The van der Waals surface area contributed by atoms with Crippen molar-refractivity contribution in [3.63, 3.8) is 0 Å². The zero-order valence-corrected chi connectivity index (χ0v) is 12.3. The van der Waals surface area contributed by atoms with E-state index in [0.717, 1.165) is 15.8 Å². The van der Waals surface area contributed by atoms with Gasteiger partial charge in [-0.15, -0.1) is 11.3 Å². The Morgan fingerprint density at radius 3 is 2.80 bits per heavy atom. The summed E-state index contributed by atoms with van der Waals surface area (Å²) in [7, 11) is 0. The molecule has 0 aliphatic rings. The first-order valence-electron chi connectivity index (χ1n) is 6.56. The fourth-order valence-corrected chi connectivity index (χ4v) is 2.98. The van der Waals surface area contributed by atoms with E-state index in [4.69, 9.17) is 0 Å². The van der Waals surface area contributed by atoms with Crippen LogP contribution in [0, 0.1) is 13.8 Å². The molecule has 0 unspecified atom stereocenters. The summed E-state index contributed by atoms with van der Waals surface area (Å²) >= 11 is 1.61. The molecular weight excluding hydrogens is 266 g/mol. The molecule has 0 bridgehead atoms. The molecule has 0 radical (unpaired) electrons. The van der Waals surface area contributed by atoms with Crippen LogP contribution >= 0.6 is 11.3 Å². The lowest BCUT2D eigenvalue weighted by Crippen LogP contribution is -2.04. The zero-order valence-electron chi connectivity index (χ0n) is 11.5. The third-order valence-electron chi connectivity index (χ3n) is 3.56. The van der Waals surface area contributed by atoms with Gasteiger partial charge in [-0.2, -0.15) is 0 Å². The highest BCUT2D eigenvalue weighted by Gasteiger charge is 2.09. The maximum Gasteiger partial charge on any atom is 0.168 e. The lowest BCUT2D eigenvalue weighted by molar-refractivity contribution is 0.0993. The smallest absolute Gasteiger partial charge is 0.168 e. The third kappa shape index (κ3) is 2.49. The second-order valence-electron chi connectivity index (χ2n) is 5.05. The van der Waals surface area contributed by atoms with Crippen molar-refractivity contribution in [1.82, 2.24) is 4.98 Å². The van der Waals surface area contributed by atoms with E-state index in [1.165, 1.54) is 11.1 Å². The van der Waals surface area contributed by atoms with Gasteiger partial charge in [0.15, 0.2) is 5.78 Å². The molecule has 0 aliphatic heterocycles. The number of thiophene rings is 1. The maximum atomic E-state index is 12.3. The van der Waals surface area contributed by atoms with Gasteiger partial charge in [0.2, 0.25) is 0 Å². The van der Waals surface area contributed by atoms with E-state index < -0.39 is 0 Å². The number of carbonyl (C=O) groups is 1. The number of aromatic nitrogens is 1. The molecule has 0 saturated heterocycles. The van der Waals surface area contributed by atoms with Gasteiger partial charge in [-0.3, -0.25) is 9.78 Å². The van der Waals surface area contributed by atoms with Gasteiger partial charge in [-0.25, -0.2) is 0 Å². The molecule has 2 nitrogen and oxygen atoms in total. The molecule has 1 aromatic carbocycles. The Kier molecular flexibility index (Phi) is 3.36. The summed E-state index contributed by atoms with van der Waals surface area (Å²) in [5.74, 6) is 0.121. The van der Waals surface area contributed by atoms with Crippen LogP contribution in [0.15, 0.2) is 41.9 Å². The van der Waals surface area contributed by atoms with Crippen LogP contribution in [-0.2, 0) is 6.42 Å². The van der Waals surface area contributed by atoms with E-state index in [1.807, 2.05) is 23.6 Å². The second kappa shape index (κ2) is 5.17. The summed E-state index contributed by atoms with van der Waals surface area (Å²) < 4.78 is 1.07. The Balaban J connectivity index is 1.86. The van der Waals surface area contributed by atoms with Crippen molar-refractivity contribution in [2.45, 2.75) is 20.3 Å². The molecule has 100 valence electrons. The predicted molar refractivity (Wildman–Crippen MR) is 83.6 cm³/mol. The Morgan fingerprint density at radius 1 is 1.15 bits per heavy atom. The number of benzene rings is 1. The van der Waals surface area contributed by atoms with Gasteiger partial charge in [-0.1, -0.05) is 18.2 Å². The number of carbonyl (C=O) groups excluding carboxylic acids is 1. The standard InChI is InChI=1S/C17H15NOS/c1-11-3-4-13(7-12(11)2)8-16(19)14-9-17-15(18-10-14)5-6-20-17/h3-7,9-10H,8H2,1-2H3. The highest BCUT2D eigenvalue weighted by Crippen LogP contribution is 2.20. The fourth-order valence-electron chi connectivity index (χ4n) is 2.20. The number of Topliss-reactive ketones (excluding diaryl/α,β-unsaturated/α-hetero) is 1. The molecule has 3 aromatic rings. The van der Waals surface area contributed by atoms with Crippen molar-refractivity contribution in [2.75, 3.05) is 0 Å². The quantitative estimate of drug-likeness (QED) is 0.668. The van der Waals surface area contributed by atoms with Gasteiger partial charge in [0, 0.05) is 18.2 Å². The van der Waals surface area contributed by atoms with Crippen LogP contribution in [0.4, 0.5) is 0 Å². The lowest BCUT2D eigenvalue weighted by atomic mass is 10.0. The van der Waals surface area contributed by atoms with Crippen LogP contribution in [0.25, 0.3) is 10.2 Å². The van der Waals surface area contributed by atoms with E-state index in [1.54, 1.807) is 17.5 Å². The van der Waals surface area contributed by atoms with Crippen molar-refractivity contribution in [1.29, 1.82) is 0 Å². The molecule has 0 fully saturated rings. The van der Waals surface area contributed by atoms with Crippen LogP contribution in [0.3, 0.4) is 0 Å². The van der Waals surface area contributed by atoms with Crippen LogP contribution in [0.5, 0.6) is 0 Å². The van der Waals surface area contributed by atoms with Crippen LogP contribution in [-0.4, -0.2) is 10.8 Å². The highest BCUT2D eigenvalue weighted by atomic mass is 32.1. The molecule has 0 atom stereocenters. The van der Waals surface area contributed by atoms with Gasteiger partial charge >= 0.3 is 0 Å². The zero-order chi connectivity index (χ0) is 14.1. The number of rotatable bonds is 3. The van der Waals surface area contributed by atoms with E-state index in [0.29, 0.717) is 12.0 Å². The number of hydrogen-bond acceptors (Lipinski definition) is 3. The van der Waals surface area contributed by atoms with Crippen molar-refractivity contribution < 1.29 is 4.79 Å². The van der Waals surface area contributed by atoms with Gasteiger partial charge in [0.05, 0.1) is 10.2 Å². The minimum absolute atomic E-state index is 0.121. The number of aryl methyl sites for hydroxylation is 2. The molecule has 2 aromatic heterocycles. The van der Waals surface area contributed by atoms with E-state index in [2.05, 4.69) is 31.0 Å². The normalized spacial score (nSPS) is 10.9. The molecular formula is C17H15NOS. The first kappa shape index (κ1) is 13.0. The average molecular weight is 281 g/mol. The van der Waals surface area contributed by atoms with Crippen LogP contribution < -0.4 is 0 Å².